The predicted molar refractivity (Wildman–Crippen MR) is 130 cm³/mol. The molecule has 0 unspecified atom stereocenters. The minimum absolute atomic E-state index is 0.00461. The highest BCUT2D eigenvalue weighted by atomic mass is 16.7. The minimum atomic E-state index is -1.94. The van der Waals surface area contributed by atoms with Gasteiger partial charge in [0.15, 0.2) is 6.29 Å². The average Bonchev–Trinajstić information content (AvgIpc) is 3.17. The molecule has 9 atom stereocenters. The van der Waals surface area contributed by atoms with E-state index < -0.39 is 85.9 Å². The standard InChI is InChI=1S/C25H34O14/c1-24(2,33)16(27)6-12-5-11-3-4-17(28)37-13(11)7-14(12)38-22-20(31)19(30)18(29)15(39-22)8-35-23-21(32)25(34,9-26)10-36-23/h3-5,7,15-16,18-23,26-27,29-34H,6,8-10H2,1-2H3/t15-,16+,18-,19+,20-,21+,22-,23-,25+/m1/s1. The number of ether oxygens (including phenoxy) is 4. The van der Waals surface area contributed by atoms with Crippen molar-refractivity contribution in [3.63, 3.8) is 0 Å². The van der Waals surface area contributed by atoms with Crippen molar-refractivity contribution < 1.29 is 64.2 Å². The molecule has 2 saturated heterocycles. The van der Waals surface area contributed by atoms with E-state index in [0.717, 1.165) is 0 Å². The van der Waals surface area contributed by atoms with Crippen LogP contribution in [-0.2, 0) is 20.6 Å². The highest BCUT2D eigenvalue weighted by molar-refractivity contribution is 5.79. The molecule has 14 heteroatoms. The van der Waals surface area contributed by atoms with Crippen LogP contribution in [-0.4, -0.2) is 121 Å². The lowest BCUT2D eigenvalue weighted by Gasteiger charge is -2.40. The number of aliphatic hydroxyl groups excluding tert-OH is 6. The van der Waals surface area contributed by atoms with E-state index in [1.165, 1.54) is 32.0 Å². The molecule has 2 aromatic rings. The van der Waals surface area contributed by atoms with Crippen LogP contribution in [0.3, 0.4) is 0 Å². The number of benzene rings is 1. The molecular weight excluding hydrogens is 524 g/mol. The fourth-order valence-corrected chi connectivity index (χ4v) is 4.27. The van der Waals surface area contributed by atoms with Crippen LogP contribution in [0, 0.1) is 0 Å². The van der Waals surface area contributed by atoms with E-state index in [-0.39, 0.29) is 17.8 Å². The van der Waals surface area contributed by atoms with Gasteiger partial charge in [0.25, 0.3) is 0 Å². The van der Waals surface area contributed by atoms with E-state index in [1.807, 2.05) is 0 Å². The zero-order valence-electron chi connectivity index (χ0n) is 21.3. The summed E-state index contributed by atoms with van der Waals surface area (Å²) in [7, 11) is 0. The first kappa shape index (κ1) is 29.8. The van der Waals surface area contributed by atoms with E-state index in [0.29, 0.717) is 10.9 Å². The molecule has 8 N–H and O–H groups in total. The van der Waals surface area contributed by atoms with Crippen LogP contribution < -0.4 is 10.4 Å². The summed E-state index contributed by atoms with van der Waals surface area (Å²) >= 11 is 0. The number of fused-ring (bicyclic) bond motifs is 1. The molecule has 0 spiro atoms. The average molecular weight is 559 g/mol. The summed E-state index contributed by atoms with van der Waals surface area (Å²) in [6, 6.07) is 5.61. The minimum Gasteiger partial charge on any atom is -0.462 e. The molecule has 39 heavy (non-hydrogen) atoms. The van der Waals surface area contributed by atoms with Crippen molar-refractivity contribution in [3.05, 3.63) is 40.2 Å². The van der Waals surface area contributed by atoms with Crippen molar-refractivity contribution in [2.24, 2.45) is 0 Å². The van der Waals surface area contributed by atoms with Crippen LogP contribution in [0.25, 0.3) is 11.0 Å². The molecule has 0 amide bonds. The maximum absolute atomic E-state index is 11.7. The van der Waals surface area contributed by atoms with E-state index in [1.54, 1.807) is 6.07 Å². The molecule has 218 valence electrons. The van der Waals surface area contributed by atoms with Gasteiger partial charge in [0.1, 0.15) is 47.5 Å². The van der Waals surface area contributed by atoms with Crippen LogP contribution in [0.4, 0.5) is 0 Å². The van der Waals surface area contributed by atoms with Crippen molar-refractivity contribution in [2.75, 3.05) is 19.8 Å². The number of hydrogen-bond donors (Lipinski definition) is 8. The number of aliphatic hydroxyl groups is 8. The summed E-state index contributed by atoms with van der Waals surface area (Å²) in [6.45, 7) is 1.16. The Morgan fingerprint density at radius 1 is 1.10 bits per heavy atom. The Bertz CT molecular complexity index is 1190. The first-order valence-electron chi connectivity index (χ1n) is 12.3. The Labute approximate surface area is 222 Å². The topological polar surface area (TPSA) is 229 Å². The second-order valence-corrected chi connectivity index (χ2v) is 10.5. The lowest BCUT2D eigenvalue weighted by molar-refractivity contribution is -0.289. The molecule has 3 heterocycles. The molecule has 2 fully saturated rings. The zero-order valence-corrected chi connectivity index (χ0v) is 21.3. The Morgan fingerprint density at radius 3 is 2.46 bits per heavy atom. The third-order valence-electron chi connectivity index (χ3n) is 6.95. The van der Waals surface area contributed by atoms with Gasteiger partial charge in [0, 0.05) is 23.9 Å². The lowest BCUT2D eigenvalue weighted by Crippen LogP contribution is -2.60. The second-order valence-electron chi connectivity index (χ2n) is 10.5. The normalized spacial score (nSPS) is 34.4. The summed E-state index contributed by atoms with van der Waals surface area (Å²) in [5.74, 6) is -0.00461. The maximum atomic E-state index is 11.7. The van der Waals surface area contributed by atoms with Gasteiger partial charge < -0.3 is 64.2 Å². The fraction of sp³-hybridized carbons (Fsp3) is 0.640. The van der Waals surface area contributed by atoms with Crippen molar-refractivity contribution in [1.82, 2.24) is 0 Å². The van der Waals surface area contributed by atoms with Gasteiger partial charge in [-0.2, -0.15) is 0 Å². The van der Waals surface area contributed by atoms with E-state index >= 15 is 0 Å². The number of hydrogen-bond acceptors (Lipinski definition) is 14. The van der Waals surface area contributed by atoms with Gasteiger partial charge in [-0.25, -0.2) is 4.79 Å². The predicted octanol–water partition coefficient (Wildman–Crippen LogP) is -2.89. The smallest absolute Gasteiger partial charge is 0.336 e. The summed E-state index contributed by atoms with van der Waals surface area (Å²) < 4.78 is 27.3. The summed E-state index contributed by atoms with van der Waals surface area (Å²) in [5.41, 5.74) is -3.58. The van der Waals surface area contributed by atoms with Gasteiger partial charge >= 0.3 is 5.63 Å². The molecule has 2 aliphatic heterocycles. The van der Waals surface area contributed by atoms with E-state index in [4.69, 9.17) is 23.4 Å². The monoisotopic (exact) mass is 558 g/mol. The molecule has 2 aliphatic rings. The van der Waals surface area contributed by atoms with E-state index in [9.17, 15) is 45.6 Å². The molecule has 0 radical (unpaired) electrons. The Balaban J connectivity index is 1.56. The van der Waals surface area contributed by atoms with Crippen molar-refractivity contribution >= 4 is 11.0 Å². The molecule has 14 nitrogen and oxygen atoms in total. The molecule has 1 aromatic carbocycles. The molecule has 0 saturated carbocycles. The van der Waals surface area contributed by atoms with Crippen molar-refractivity contribution in [1.29, 1.82) is 0 Å². The van der Waals surface area contributed by atoms with E-state index in [2.05, 4.69) is 0 Å². The first-order valence-corrected chi connectivity index (χ1v) is 12.3. The van der Waals surface area contributed by atoms with Crippen LogP contribution >= 0.6 is 0 Å². The largest absolute Gasteiger partial charge is 0.462 e. The summed E-state index contributed by atoms with van der Waals surface area (Å²) in [4.78, 5) is 11.7. The Morgan fingerprint density at radius 2 is 1.82 bits per heavy atom. The van der Waals surface area contributed by atoms with Gasteiger partial charge in [-0.15, -0.1) is 0 Å². The maximum Gasteiger partial charge on any atom is 0.336 e. The first-order chi connectivity index (χ1) is 18.2. The third-order valence-corrected chi connectivity index (χ3v) is 6.95. The van der Waals surface area contributed by atoms with Crippen molar-refractivity contribution in [3.8, 4) is 5.75 Å². The van der Waals surface area contributed by atoms with Crippen LogP contribution in [0.1, 0.15) is 19.4 Å². The fourth-order valence-electron chi connectivity index (χ4n) is 4.27. The SMILES string of the molecule is CC(C)(O)[C@@H](O)Cc1cc2ccc(=O)oc2cc1O[C@@H]1O[C@H](CO[C@@H]2OC[C@@](O)(CO)[C@H]2O)[C@@H](O)[C@H](O)[C@H]1O. The molecule has 0 bridgehead atoms. The van der Waals surface area contributed by atoms with Gasteiger partial charge in [0.2, 0.25) is 6.29 Å². The molecular formula is C25H34O14. The summed E-state index contributed by atoms with van der Waals surface area (Å²) in [6.07, 6.45) is -12.4. The van der Waals surface area contributed by atoms with Crippen LogP contribution in [0.5, 0.6) is 5.75 Å². The molecule has 1 aromatic heterocycles. The molecule has 4 rings (SSSR count). The van der Waals surface area contributed by atoms with Crippen molar-refractivity contribution in [2.45, 2.75) is 80.7 Å². The highest BCUT2D eigenvalue weighted by Gasteiger charge is 2.50. The summed E-state index contributed by atoms with van der Waals surface area (Å²) in [5, 5.41) is 82.2. The van der Waals surface area contributed by atoms with Crippen LogP contribution in [0.2, 0.25) is 0 Å². The van der Waals surface area contributed by atoms with Gasteiger partial charge in [-0.1, -0.05) is 0 Å². The molecule has 0 aliphatic carbocycles. The van der Waals surface area contributed by atoms with Crippen LogP contribution in [0.15, 0.2) is 33.5 Å². The lowest BCUT2D eigenvalue weighted by atomic mass is 9.94. The Hall–Kier alpha value is -2.21. The third kappa shape index (κ3) is 6.26. The number of rotatable bonds is 9. The Kier molecular flexibility index (Phi) is 8.66. The van der Waals surface area contributed by atoms with Gasteiger partial charge in [-0.3, -0.25) is 0 Å². The van der Waals surface area contributed by atoms with Gasteiger partial charge in [-0.05, 0) is 31.5 Å². The zero-order chi connectivity index (χ0) is 28.7. The quantitative estimate of drug-likeness (QED) is 0.145. The highest BCUT2D eigenvalue weighted by Crippen LogP contribution is 2.32. The van der Waals surface area contributed by atoms with Gasteiger partial charge in [0.05, 0.1) is 31.5 Å². The second kappa shape index (κ2) is 11.3.